The van der Waals surface area contributed by atoms with Gasteiger partial charge in [0.15, 0.2) is 6.21 Å². The van der Waals surface area contributed by atoms with Crippen molar-refractivity contribution in [1.29, 1.82) is 5.26 Å². The largest absolute Gasteiger partial charge is 0.396 e. The third-order valence-corrected chi connectivity index (χ3v) is 2.92. The Labute approximate surface area is 76.0 Å². The van der Waals surface area contributed by atoms with E-state index in [-0.39, 0.29) is 6.61 Å². The van der Waals surface area contributed by atoms with Gasteiger partial charge >= 0.3 is 0 Å². The molecular weight excluding hydrogens is 172 g/mol. The standard InChI is InChI=1S/C8H11N2OS/c1-10-6-7(3-5-11)12-8(10)2-4-9/h2,6-7,11H,3,5H2,1H3/q+1/b8-2-. The van der Waals surface area contributed by atoms with E-state index in [0.29, 0.717) is 5.25 Å². The molecule has 64 valence electrons. The van der Waals surface area contributed by atoms with E-state index in [1.54, 1.807) is 11.8 Å². The fourth-order valence-electron chi connectivity index (χ4n) is 1.04. The van der Waals surface area contributed by atoms with Gasteiger partial charge in [-0.05, 0) is 18.2 Å². The molecule has 4 heteroatoms. The van der Waals surface area contributed by atoms with Crippen LogP contribution in [0.4, 0.5) is 0 Å². The lowest BCUT2D eigenvalue weighted by atomic mass is 10.3. The van der Waals surface area contributed by atoms with E-state index in [2.05, 4.69) is 0 Å². The highest BCUT2D eigenvalue weighted by Crippen LogP contribution is 2.27. The molecule has 1 aliphatic heterocycles. The molecule has 0 saturated heterocycles. The second-order valence-corrected chi connectivity index (χ2v) is 3.80. The van der Waals surface area contributed by atoms with Gasteiger partial charge < -0.3 is 5.11 Å². The average Bonchev–Trinajstić information content (AvgIpc) is 2.34. The van der Waals surface area contributed by atoms with E-state index in [1.165, 1.54) is 6.08 Å². The van der Waals surface area contributed by atoms with Crippen molar-refractivity contribution in [2.45, 2.75) is 11.7 Å². The molecule has 1 atom stereocenters. The van der Waals surface area contributed by atoms with Crippen molar-refractivity contribution in [3.8, 4) is 6.07 Å². The maximum Gasteiger partial charge on any atom is 0.250 e. The number of aliphatic hydroxyl groups excluding tert-OH is 1. The average molecular weight is 183 g/mol. The van der Waals surface area contributed by atoms with Crippen LogP contribution in [-0.4, -0.2) is 34.8 Å². The predicted molar refractivity (Wildman–Crippen MR) is 49.0 cm³/mol. The van der Waals surface area contributed by atoms with Crippen LogP contribution < -0.4 is 0 Å². The van der Waals surface area contributed by atoms with Crippen molar-refractivity contribution in [2.75, 3.05) is 13.7 Å². The third kappa shape index (κ3) is 2.10. The Hall–Kier alpha value is -0.790. The Morgan fingerprint density at radius 3 is 3.25 bits per heavy atom. The van der Waals surface area contributed by atoms with Crippen molar-refractivity contribution in [3.05, 3.63) is 11.1 Å². The van der Waals surface area contributed by atoms with Gasteiger partial charge in [0.05, 0.1) is 17.4 Å². The molecule has 0 radical (unpaired) electrons. The van der Waals surface area contributed by atoms with Crippen molar-refractivity contribution in [2.24, 2.45) is 0 Å². The van der Waals surface area contributed by atoms with E-state index in [0.717, 1.165) is 11.4 Å². The second-order valence-electron chi connectivity index (χ2n) is 2.54. The minimum absolute atomic E-state index is 0.196. The number of nitriles is 1. The molecule has 3 nitrogen and oxygen atoms in total. The number of nitrogens with zero attached hydrogens (tertiary/aromatic N) is 2. The van der Waals surface area contributed by atoms with E-state index >= 15 is 0 Å². The number of hydrogen-bond donors (Lipinski definition) is 1. The summed E-state index contributed by atoms with van der Waals surface area (Å²) in [4.78, 5) is 0. The van der Waals surface area contributed by atoms with Gasteiger partial charge in [-0.25, -0.2) is 0 Å². The lowest BCUT2D eigenvalue weighted by molar-refractivity contribution is -0.422. The normalized spacial score (nSPS) is 25.6. The summed E-state index contributed by atoms with van der Waals surface area (Å²) in [5.41, 5.74) is 0. The lowest BCUT2D eigenvalue weighted by Crippen LogP contribution is -2.05. The molecule has 0 aromatic carbocycles. The van der Waals surface area contributed by atoms with Crippen molar-refractivity contribution < 1.29 is 9.68 Å². The number of aliphatic hydroxyl groups is 1. The number of allylic oxidation sites excluding steroid dienone is 1. The van der Waals surface area contributed by atoms with Crippen LogP contribution in [0.1, 0.15) is 6.42 Å². The zero-order valence-corrected chi connectivity index (χ0v) is 7.71. The molecule has 0 spiro atoms. The summed E-state index contributed by atoms with van der Waals surface area (Å²) >= 11 is 1.62. The van der Waals surface area contributed by atoms with Gasteiger partial charge in [-0.1, -0.05) is 0 Å². The van der Waals surface area contributed by atoms with Gasteiger partial charge in [-0.2, -0.15) is 9.84 Å². The lowest BCUT2D eigenvalue weighted by Gasteiger charge is -1.95. The second kappa shape index (κ2) is 4.29. The van der Waals surface area contributed by atoms with E-state index in [1.807, 2.05) is 23.9 Å². The first-order valence-electron chi connectivity index (χ1n) is 3.73. The topological polar surface area (TPSA) is 47.0 Å². The Balaban J connectivity index is 2.63. The summed E-state index contributed by atoms with van der Waals surface area (Å²) in [7, 11) is 1.91. The monoisotopic (exact) mass is 183 g/mol. The fourth-order valence-corrected chi connectivity index (χ4v) is 2.17. The van der Waals surface area contributed by atoms with E-state index in [9.17, 15) is 0 Å². The highest BCUT2D eigenvalue weighted by atomic mass is 32.2. The van der Waals surface area contributed by atoms with Gasteiger partial charge in [0.25, 0.3) is 5.03 Å². The highest BCUT2D eigenvalue weighted by molar-refractivity contribution is 8.04. The molecule has 0 aromatic rings. The van der Waals surface area contributed by atoms with Gasteiger partial charge in [0.1, 0.15) is 7.05 Å². The van der Waals surface area contributed by atoms with Gasteiger partial charge in [0, 0.05) is 6.61 Å². The van der Waals surface area contributed by atoms with Gasteiger partial charge in [0.2, 0.25) is 0 Å². The third-order valence-electron chi connectivity index (χ3n) is 1.61. The molecule has 1 aliphatic rings. The van der Waals surface area contributed by atoms with Crippen molar-refractivity contribution in [1.82, 2.24) is 0 Å². The highest BCUT2D eigenvalue weighted by Gasteiger charge is 2.25. The zero-order valence-electron chi connectivity index (χ0n) is 6.90. The first-order valence-corrected chi connectivity index (χ1v) is 4.61. The van der Waals surface area contributed by atoms with Crippen molar-refractivity contribution in [3.63, 3.8) is 0 Å². The van der Waals surface area contributed by atoms with E-state index < -0.39 is 0 Å². The summed E-state index contributed by atoms with van der Waals surface area (Å²) < 4.78 is 1.92. The zero-order chi connectivity index (χ0) is 8.97. The molecule has 0 bridgehead atoms. The van der Waals surface area contributed by atoms with Crippen LogP contribution in [0.3, 0.4) is 0 Å². The van der Waals surface area contributed by atoms with Crippen LogP contribution in [0.15, 0.2) is 11.1 Å². The van der Waals surface area contributed by atoms with Crippen LogP contribution in [-0.2, 0) is 0 Å². The number of hydrogen-bond acceptors (Lipinski definition) is 3. The minimum atomic E-state index is 0.196. The van der Waals surface area contributed by atoms with Crippen molar-refractivity contribution >= 4 is 18.0 Å². The smallest absolute Gasteiger partial charge is 0.250 e. The fraction of sp³-hybridized carbons (Fsp3) is 0.500. The van der Waals surface area contributed by atoms with Crippen LogP contribution in [0, 0.1) is 11.3 Å². The van der Waals surface area contributed by atoms with Crippen LogP contribution >= 0.6 is 11.8 Å². The molecule has 1 heterocycles. The quantitative estimate of drug-likeness (QED) is 0.502. The number of rotatable bonds is 2. The first-order chi connectivity index (χ1) is 5.77. The maximum absolute atomic E-state index is 8.69. The molecular formula is C8H11N2OS+. The first kappa shape index (κ1) is 9.30. The minimum Gasteiger partial charge on any atom is -0.396 e. The molecule has 12 heavy (non-hydrogen) atoms. The van der Waals surface area contributed by atoms with Crippen LogP contribution in [0.2, 0.25) is 0 Å². The summed E-state index contributed by atoms with van der Waals surface area (Å²) in [5.74, 6) is 0. The Bertz CT molecular complexity index is 265. The Kier molecular flexibility index (Phi) is 3.32. The summed E-state index contributed by atoms with van der Waals surface area (Å²) in [6.45, 7) is 0.196. The van der Waals surface area contributed by atoms with Gasteiger partial charge in [-0.3, -0.25) is 0 Å². The SMILES string of the molecule is C[N+]1=CC(CCO)S/C1=C\C#N. The van der Waals surface area contributed by atoms with E-state index in [4.69, 9.17) is 10.4 Å². The molecule has 0 amide bonds. The summed E-state index contributed by atoms with van der Waals surface area (Å²) in [6.07, 6.45) is 4.29. The predicted octanol–water partition coefficient (Wildman–Crippen LogP) is 0.562. The molecule has 1 N–H and O–H groups in total. The molecule has 0 aromatic heterocycles. The van der Waals surface area contributed by atoms with Gasteiger partial charge in [-0.15, -0.1) is 0 Å². The Morgan fingerprint density at radius 2 is 2.67 bits per heavy atom. The summed E-state index contributed by atoms with van der Waals surface area (Å²) in [5, 5.41) is 18.4. The number of thioether (sulfide) groups is 1. The Morgan fingerprint density at radius 1 is 1.92 bits per heavy atom. The molecule has 0 fully saturated rings. The van der Waals surface area contributed by atoms with Crippen LogP contribution in [0.25, 0.3) is 0 Å². The maximum atomic E-state index is 8.69. The molecule has 0 aliphatic carbocycles. The van der Waals surface area contributed by atoms with Crippen LogP contribution in [0.5, 0.6) is 0 Å². The molecule has 1 rings (SSSR count). The summed E-state index contributed by atoms with van der Waals surface area (Å²) in [6, 6.07) is 2.00. The molecule has 1 unspecified atom stereocenters. The molecule has 0 saturated carbocycles.